The number of ketones is 1. The Hall–Kier alpha value is -4.13. The summed E-state index contributed by atoms with van der Waals surface area (Å²) >= 11 is 0. The molecule has 0 radical (unpaired) electrons. The zero-order chi connectivity index (χ0) is 25.4. The Morgan fingerprint density at radius 1 is 0.944 bits per heavy atom. The second kappa shape index (κ2) is 9.49. The first-order valence-corrected chi connectivity index (χ1v) is 11.9. The summed E-state index contributed by atoms with van der Waals surface area (Å²) in [5, 5.41) is 4.79. The molecule has 36 heavy (non-hydrogen) atoms. The number of aromatic nitrogens is 2. The first kappa shape index (κ1) is 23.6. The molecule has 0 bridgehead atoms. The number of hydrogen-bond acceptors (Lipinski definition) is 3. The minimum atomic E-state index is -0.759. The van der Waals surface area contributed by atoms with Crippen molar-refractivity contribution >= 4 is 17.5 Å². The van der Waals surface area contributed by atoms with E-state index in [1.165, 1.54) is 30.3 Å². The maximum absolute atomic E-state index is 14.0. The predicted molar refractivity (Wildman–Crippen MR) is 133 cm³/mol. The largest absolute Gasteiger partial charge is 0.296 e. The molecular formula is C29H25F2N3O2. The maximum atomic E-state index is 14.0. The van der Waals surface area contributed by atoms with Gasteiger partial charge in [0.2, 0.25) is 5.91 Å². The Morgan fingerprint density at radius 3 is 2.33 bits per heavy atom. The molecule has 0 saturated heterocycles. The van der Waals surface area contributed by atoms with Gasteiger partial charge in [0, 0.05) is 30.0 Å². The van der Waals surface area contributed by atoms with Crippen LogP contribution in [-0.4, -0.2) is 28.0 Å². The highest BCUT2D eigenvalue weighted by atomic mass is 19.1. The summed E-state index contributed by atoms with van der Waals surface area (Å²) in [5.41, 5.74) is 3.28. The van der Waals surface area contributed by atoms with Crippen LogP contribution in [0.25, 0.3) is 5.69 Å². The summed E-state index contributed by atoms with van der Waals surface area (Å²) in [6.07, 6.45) is -0.115. The Labute approximate surface area is 208 Å². The molecule has 1 aliphatic heterocycles. The smallest absolute Gasteiger partial charge is 0.232 e. The molecule has 0 unspecified atom stereocenters. The van der Waals surface area contributed by atoms with E-state index in [0.29, 0.717) is 12.4 Å². The van der Waals surface area contributed by atoms with Gasteiger partial charge in [0.1, 0.15) is 17.5 Å². The average molecular weight is 486 g/mol. The zero-order valence-corrected chi connectivity index (χ0v) is 20.0. The number of carbonyl (C=O) groups excluding carboxylic acids is 2. The Balaban J connectivity index is 1.68. The van der Waals surface area contributed by atoms with Gasteiger partial charge in [-0.25, -0.2) is 13.5 Å². The van der Waals surface area contributed by atoms with Crippen LogP contribution in [0.4, 0.5) is 14.6 Å². The number of rotatable bonds is 6. The van der Waals surface area contributed by atoms with Gasteiger partial charge >= 0.3 is 0 Å². The molecule has 0 N–H and O–H groups in total. The molecule has 1 aliphatic rings. The summed E-state index contributed by atoms with van der Waals surface area (Å²) in [6, 6.07) is 21.0. The molecule has 4 aromatic rings. The number of halogens is 2. The molecule has 182 valence electrons. The molecule has 2 heterocycles. The number of hydrogen-bond donors (Lipinski definition) is 0. The van der Waals surface area contributed by atoms with Crippen LogP contribution in [0, 0.1) is 24.5 Å². The monoisotopic (exact) mass is 485 g/mol. The molecule has 0 spiro atoms. The van der Waals surface area contributed by atoms with E-state index >= 15 is 0 Å². The lowest BCUT2D eigenvalue weighted by Gasteiger charge is -2.38. The van der Waals surface area contributed by atoms with Gasteiger partial charge in [-0.05, 0) is 55.8 Å². The van der Waals surface area contributed by atoms with Crippen LogP contribution in [0.5, 0.6) is 0 Å². The minimum Gasteiger partial charge on any atom is -0.296 e. The topological polar surface area (TPSA) is 55.2 Å². The third-order valence-electron chi connectivity index (χ3n) is 6.73. The van der Waals surface area contributed by atoms with Crippen molar-refractivity contribution in [1.29, 1.82) is 0 Å². The molecule has 5 nitrogen and oxygen atoms in total. The van der Waals surface area contributed by atoms with Gasteiger partial charge in [-0.3, -0.25) is 14.5 Å². The van der Waals surface area contributed by atoms with E-state index in [9.17, 15) is 18.4 Å². The molecular weight excluding hydrogens is 460 g/mol. The van der Waals surface area contributed by atoms with Crippen LogP contribution in [0.15, 0.2) is 78.9 Å². The zero-order valence-electron chi connectivity index (χ0n) is 20.0. The van der Waals surface area contributed by atoms with Crippen molar-refractivity contribution in [2.75, 3.05) is 11.4 Å². The van der Waals surface area contributed by atoms with E-state index in [0.717, 1.165) is 22.5 Å². The molecule has 1 aromatic heterocycles. The molecule has 1 amide bonds. The van der Waals surface area contributed by atoms with Gasteiger partial charge < -0.3 is 0 Å². The van der Waals surface area contributed by atoms with Crippen molar-refractivity contribution < 1.29 is 18.4 Å². The highest BCUT2D eigenvalue weighted by molar-refractivity contribution is 6.04. The first-order chi connectivity index (χ1) is 17.4. The van der Waals surface area contributed by atoms with Crippen LogP contribution >= 0.6 is 0 Å². The fourth-order valence-corrected chi connectivity index (χ4v) is 5.11. The third-order valence-corrected chi connectivity index (χ3v) is 6.73. The van der Waals surface area contributed by atoms with E-state index in [1.54, 1.807) is 27.8 Å². The Kier molecular flexibility index (Phi) is 6.22. The summed E-state index contributed by atoms with van der Waals surface area (Å²) in [4.78, 5) is 28.9. The number of carbonyl (C=O) groups is 2. The van der Waals surface area contributed by atoms with Crippen LogP contribution in [0.2, 0.25) is 0 Å². The Morgan fingerprint density at radius 2 is 1.67 bits per heavy atom. The van der Waals surface area contributed by atoms with E-state index in [1.807, 2.05) is 44.2 Å². The van der Waals surface area contributed by atoms with Crippen molar-refractivity contribution in [1.82, 2.24) is 9.78 Å². The minimum absolute atomic E-state index is 0.115. The number of fused-ring (bicyclic) bond motifs is 1. The van der Waals surface area contributed by atoms with Crippen molar-refractivity contribution in [3.05, 3.63) is 113 Å². The standard InChI is InChI=1S/C29H25F2N3O2/c1-3-33-28-26(18(2)32-34(28)23-10-5-4-6-11-23)27(19-12-14-21(30)15-13-19)24(29(33)36)17-25(35)20-8-7-9-22(31)16-20/h4-16,24,27H,3,17H2,1-2H3/t24-,27+/m0/s1. The van der Waals surface area contributed by atoms with Crippen molar-refractivity contribution in [3.8, 4) is 5.69 Å². The molecule has 3 aromatic carbocycles. The highest BCUT2D eigenvalue weighted by Crippen LogP contribution is 2.47. The predicted octanol–water partition coefficient (Wildman–Crippen LogP) is 5.85. The summed E-state index contributed by atoms with van der Waals surface area (Å²) < 4.78 is 29.4. The van der Waals surface area contributed by atoms with Crippen LogP contribution in [0.3, 0.4) is 0 Å². The highest BCUT2D eigenvalue weighted by Gasteiger charge is 2.45. The number of aryl methyl sites for hydroxylation is 1. The lowest BCUT2D eigenvalue weighted by Crippen LogP contribution is -2.45. The third kappa shape index (κ3) is 4.11. The normalized spacial score (nSPS) is 17.2. The second-order valence-electron chi connectivity index (χ2n) is 8.93. The number of benzene rings is 3. The van der Waals surface area contributed by atoms with Gasteiger partial charge in [0.25, 0.3) is 0 Å². The maximum Gasteiger partial charge on any atom is 0.232 e. The fraction of sp³-hybridized carbons (Fsp3) is 0.207. The van der Waals surface area contributed by atoms with Gasteiger partial charge in [0.15, 0.2) is 5.78 Å². The van der Waals surface area contributed by atoms with Gasteiger partial charge in [-0.1, -0.05) is 42.5 Å². The van der Waals surface area contributed by atoms with Crippen LogP contribution in [-0.2, 0) is 4.79 Å². The van der Waals surface area contributed by atoms with Crippen molar-refractivity contribution in [2.24, 2.45) is 5.92 Å². The number of Topliss-reactive ketones (excluding diaryl/α,β-unsaturated/α-hetero) is 1. The summed E-state index contributed by atoms with van der Waals surface area (Å²) in [5.74, 6) is -2.08. The average Bonchev–Trinajstić information content (AvgIpc) is 3.22. The van der Waals surface area contributed by atoms with Gasteiger partial charge in [0.05, 0.1) is 17.3 Å². The fourth-order valence-electron chi connectivity index (χ4n) is 5.11. The molecule has 2 atom stereocenters. The molecule has 0 aliphatic carbocycles. The van der Waals surface area contributed by atoms with Crippen molar-refractivity contribution in [2.45, 2.75) is 26.2 Å². The molecule has 0 fully saturated rings. The van der Waals surface area contributed by atoms with Crippen LogP contribution in [0.1, 0.15) is 46.4 Å². The van der Waals surface area contributed by atoms with E-state index in [-0.39, 0.29) is 29.5 Å². The number of para-hydroxylation sites is 1. The molecule has 7 heteroatoms. The van der Waals surface area contributed by atoms with E-state index in [2.05, 4.69) is 0 Å². The van der Waals surface area contributed by atoms with E-state index in [4.69, 9.17) is 5.10 Å². The SMILES string of the molecule is CCN1C(=O)[C@@H](CC(=O)c2cccc(F)c2)[C@@H](c2ccc(F)cc2)c2c(C)nn(-c3ccccc3)c21. The van der Waals surface area contributed by atoms with E-state index < -0.39 is 17.7 Å². The number of nitrogens with zero attached hydrogens (tertiary/aromatic N) is 3. The summed E-state index contributed by atoms with van der Waals surface area (Å²) in [6.45, 7) is 4.14. The number of anilines is 1. The quantitative estimate of drug-likeness (QED) is 0.322. The molecule has 5 rings (SSSR count). The Bertz CT molecular complexity index is 1430. The van der Waals surface area contributed by atoms with Gasteiger partial charge in [-0.15, -0.1) is 0 Å². The van der Waals surface area contributed by atoms with Crippen molar-refractivity contribution in [3.63, 3.8) is 0 Å². The first-order valence-electron chi connectivity index (χ1n) is 11.9. The summed E-state index contributed by atoms with van der Waals surface area (Å²) in [7, 11) is 0. The second-order valence-corrected chi connectivity index (χ2v) is 8.93. The number of amides is 1. The lowest BCUT2D eigenvalue weighted by molar-refractivity contribution is -0.123. The lowest BCUT2D eigenvalue weighted by atomic mass is 9.74. The van der Waals surface area contributed by atoms with Crippen LogP contribution < -0.4 is 4.90 Å². The van der Waals surface area contributed by atoms with Gasteiger partial charge in [-0.2, -0.15) is 5.10 Å². The molecule has 0 saturated carbocycles.